The molecule has 7 heterocycles. The standard InChI is InChI=1S/C59H96N4O47/c1-15(72)60-29-18(75)4-59(56(96)97,107-45(29)33(82)20(77)6-64)110-49-41(90)53(103-42-24(10-68)99-50(91)39(88)38(42)87)101-25(11-69)43(49)104-51-32(61-16(2)73)44(37(86)26(102-51)14-98-57(54(92)93)3-17(74)30(62-27(80)12-70)46(106-57)34(83)21(78)7-65)105-52-40(89)48(36(85)23(9-67)100-52)109-58(55(94)95)5-19(76)31(63-28(81)13-71)47(108-58)35(84)22(79)8-66/h17-26,29-53,64-71,74-79,82-91H,3-14H2,1-2H3,(H,60,72)(H,61,73)(H,62,80)(H,63,81)(H,92,93)(H,94,95)(H,96,97)/t17-,18-,19-,20+,21+,22+,23+,24+,25+,26+,29+,30+,31+,32+,33+,34+,35+,36-,37-,38+,39+,40+,41+,42+,43-,44+,45+,46+,47+,48-,49+,50+,51-,52-,53-,57+,58-,59-/m0/s1. The summed E-state index contributed by atoms with van der Waals surface area (Å²) in [6, 6.07) is -8.38. The van der Waals surface area contributed by atoms with Crippen LogP contribution in [0.3, 0.4) is 0 Å². The zero-order valence-corrected chi connectivity index (χ0v) is 57.9. The maximum atomic E-state index is 13.9. The normalized spacial score (nSPS) is 42.8. The van der Waals surface area contributed by atoms with Crippen LogP contribution in [-0.2, 0) is 95.1 Å². The number of carbonyl (C=O) groups excluding carboxylic acids is 4. The van der Waals surface area contributed by atoms with Gasteiger partial charge in [-0.2, -0.15) is 0 Å². The highest BCUT2D eigenvalue weighted by Gasteiger charge is 2.65. The van der Waals surface area contributed by atoms with Crippen molar-refractivity contribution in [3.63, 3.8) is 0 Å². The highest BCUT2D eigenvalue weighted by molar-refractivity contribution is 5.79. The van der Waals surface area contributed by atoms with Crippen LogP contribution >= 0.6 is 0 Å². The number of rotatable bonds is 34. The van der Waals surface area contributed by atoms with Gasteiger partial charge in [-0.15, -0.1) is 0 Å². The summed E-state index contributed by atoms with van der Waals surface area (Å²) >= 11 is 0. The molecule has 0 radical (unpaired) electrons. The first-order valence-corrected chi connectivity index (χ1v) is 33.8. The smallest absolute Gasteiger partial charge is 0.364 e. The predicted octanol–water partition coefficient (Wildman–Crippen LogP) is -20.1. The Bertz CT molecular complexity index is 3050. The Balaban J connectivity index is 1.40. The Morgan fingerprint density at radius 3 is 1.16 bits per heavy atom. The van der Waals surface area contributed by atoms with Crippen molar-refractivity contribution in [3.05, 3.63) is 0 Å². The summed E-state index contributed by atoms with van der Waals surface area (Å²) in [6.45, 7) is -10.7. The fraction of sp³-hybridized carbons (Fsp3) is 0.881. The van der Waals surface area contributed by atoms with E-state index in [9.17, 15) is 171 Å². The molecule has 0 bridgehead atoms. The van der Waals surface area contributed by atoms with Gasteiger partial charge in [-0.25, -0.2) is 14.4 Å². The van der Waals surface area contributed by atoms with Gasteiger partial charge in [-0.3, -0.25) is 19.2 Å². The van der Waals surface area contributed by atoms with Gasteiger partial charge in [-0.1, -0.05) is 0 Å². The molecule has 0 aromatic heterocycles. The van der Waals surface area contributed by atoms with E-state index in [4.69, 9.17) is 61.6 Å². The summed E-state index contributed by atoms with van der Waals surface area (Å²) in [5.41, 5.74) is 0. The average molecular weight is 1610 g/mol. The highest BCUT2D eigenvalue weighted by Crippen LogP contribution is 2.44. The molecule has 7 aliphatic rings. The van der Waals surface area contributed by atoms with Crippen LogP contribution in [0, 0.1) is 0 Å². The van der Waals surface area contributed by atoms with Crippen LogP contribution in [0.1, 0.15) is 33.1 Å². The van der Waals surface area contributed by atoms with Crippen LogP contribution in [0.15, 0.2) is 0 Å². The molecule has 7 saturated heterocycles. The number of aliphatic hydroxyl groups excluding tert-OH is 24. The van der Waals surface area contributed by atoms with Gasteiger partial charge in [0.2, 0.25) is 23.6 Å². The van der Waals surface area contributed by atoms with Crippen molar-refractivity contribution in [2.24, 2.45) is 0 Å². The van der Waals surface area contributed by atoms with Gasteiger partial charge in [0.05, 0.1) is 82.7 Å². The van der Waals surface area contributed by atoms with E-state index < -0.39 is 352 Å². The molecule has 38 atom stereocenters. The summed E-state index contributed by atoms with van der Waals surface area (Å²) in [5.74, 6) is -22.4. The van der Waals surface area contributed by atoms with Crippen LogP contribution < -0.4 is 21.3 Å². The van der Waals surface area contributed by atoms with Crippen LogP contribution in [0.2, 0.25) is 0 Å². The van der Waals surface area contributed by atoms with Gasteiger partial charge in [0.25, 0.3) is 17.4 Å². The van der Waals surface area contributed by atoms with Gasteiger partial charge in [0.15, 0.2) is 25.2 Å². The zero-order chi connectivity index (χ0) is 82.3. The Labute approximate surface area is 618 Å². The maximum Gasteiger partial charge on any atom is 0.364 e. The summed E-state index contributed by atoms with van der Waals surface area (Å²) in [4.78, 5) is 92.2. The maximum absolute atomic E-state index is 13.9. The number of aliphatic carboxylic acids is 3. The fourth-order valence-electron chi connectivity index (χ4n) is 13.6. The molecule has 7 fully saturated rings. The molecule has 110 heavy (non-hydrogen) atoms. The Hall–Kier alpha value is -5.19. The van der Waals surface area contributed by atoms with Crippen molar-refractivity contribution >= 4 is 41.5 Å². The summed E-state index contributed by atoms with van der Waals surface area (Å²) < 4.78 is 76.2. The lowest BCUT2D eigenvalue weighted by Crippen LogP contribution is -2.73. The van der Waals surface area contributed by atoms with E-state index >= 15 is 0 Å². The monoisotopic (exact) mass is 1610 g/mol. The largest absolute Gasteiger partial charge is 0.477 e. The molecule has 51 heteroatoms. The van der Waals surface area contributed by atoms with Crippen LogP contribution in [-0.4, -0.2) is 470 Å². The number of hydrogen-bond donors (Lipinski definition) is 31. The Kier molecular flexibility index (Phi) is 32.6. The van der Waals surface area contributed by atoms with Gasteiger partial charge >= 0.3 is 17.9 Å². The number of aliphatic hydroxyl groups is 24. The minimum atomic E-state index is -3.64. The minimum Gasteiger partial charge on any atom is -0.477 e. The van der Waals surface area contributed by atoms with E-state index in [0.29, 0.717) is 0 Å². The molecule has 0 spiro atoms. The molecule has 4 amide bonds. The molecule has 0 saturated carbocycles. The number of nitrogens with one attached hydrogen (secondary N) is 4. The fourth-order valence-corrected chi connectivity index (χ4v) is 13.6. The quantitative estimate of drug-likeness (QED) is 0.0284. The number of carboxylic acids is 3. The lowest BCUT2D eigenvalue weighted by atomic mass is 9.88. The Morgan fingerprint density at radius 2 is 0.745 bits per heavy atom. The topological polar surface area (TPSA) is 834 Å². The van der Waals surface area contributed by atoms with Gasteiger partial charge in [0, 0.05) is 33.1 Å². The molecule has 0 aromatic rings. The first kappa shape index (κ1) is 92.0. The third kappa shape index (κ3) is 20.0. The average Bonchev–Trinajstić information content (AvgIpc) is 0.760. The first-order chi connectivity index (χ1) is 51.6. The molecule has 634 valence electrons. The second kappa shape index (κ2) is 39.0. The number of carbonyl (C=O) groups is 7. The van der Waals surface area contributed by atoms with E-state index in [1.165, 1.54) is 0 Å². The third-order valence-electron chi connectivity index (χ3n) is 19.3. The van der Waals surface area contributed by atoms with Crippen molar-refractivity contribution < 1.29 is 233 Å². The summed E-state index contributed by atoms with van der Waals surface area (Å²) in [6.07, 6.45) is -80.4. The predicted molar refractivity (Wildman–Crippen MR) is 333 cm³/mol. The van der Waals surface area contributed by atoms with E-state index in [1.54, 1.807) is 0 Å². The van der Waals surface area contributed by atoms with Gasteiger partial charge in [0.1, 0.15) is 166 Å². The second-order valence-electron chi connectivity index (χ2n) is 26.9. The van der Waals surface area contributed by atoms with E-state index in [1.807, 2.05) is 10.6 Å². The Morgan fingerprint density at radius 1 is 0.391 bits per heavy atom. The molecule has 0 aromatic carbocycles. The summed E-state index contributed by atoms with van der Waals surface area (Å²) in [5, 5.41) is 304. The molecule has 7 rings (SSSR count). The molecular weight excluding hydrogens is 1520 g/mol. The zero-order valence-electron chi connectivity index (χ0n) is 57.9. The molecule has 7 aliphatic heterocycles. The number of ether oxygens (including phenoxy) is 13. The van der Waals surface area contributed by atoms with E-state index in [0.717, 1.165) is 13.8 Å². The third-order valence-corrected chi connectivity index (χ3v) is 19.3. The van der Waals surface area contributed by atoms with Gasteiger partial charge < -0.3 is 221 Å². The van der Waals surface area contributed by atoms with Crippen molar-refractivity contribution in [3.8, 4) is 0 Å². The van der Waals surface area contributed by atoms with Crippen molar-refractivity contribution in [2.75, 3.05) is 59.5 Å². The van der Waals surface area contributed by atoms with E-state index in [2.05, 4.69) is 10.6 Å². The number of amides is 4. The molecule has 0 unspecified atom stereocenters. The molecule has 31 N–H and O–H groups in total. The SMILES string of the molecule is CC(=O)N[C@H]1[C@H](O[C@@H]2[C@H](O[C@]3(C(=O)O)C[C@H](O)[C@@H](NC(C)=O)[C@H]([C@H](O)[C@H](O)CO)O3)[C@@H](O)[C@H](O[C@H]3[C@H](O)[C@@H](O)[C@H](O)O[C@@H]3CO)O[C@@H]2CO)O[C@H](CO[C@]2(C(=O)O)C[C@H](O)[C@@H](NC(=O)CO)[C@H]([C@H](O)[C@H](O)CO)O2)[C@H](O)[C@@H]1O[C@@H]1O[C@H](CO)[C@H](O)[C@H](O[C@]2(C(=O)O)C[C@H](O)[C@@H](NC(=O)CO)[C@H]([C@H](O)[C@H](O)CO)O2)[C@H]1O. The first-order valence-electron chi connectivity index (χ1n) is 33.8. The lowest BCUT2D eigenvalue weighted by Gasteiger charge is -2.53. The van der Waals surface area contributed by atoms with Crippen LogP contribution in [0.25, 0.3) is 0 Å². The molecule has 51 nitrogen and oxygen atoms in total. The van der Waals surface area contributed by atoms with Crippen LogP contribution in [0.4, 0.5) is 0 Å². The lowest BCUT2D eigenvalue weighted by molar-refractivity contribution is -0.405. The molecule has 0 aliphatic carbocycles. The van der Waals surface area contributed by atoms with Crippen molar-refractivity contribution in [1.82, 2.24) is 21.3 Å². The van der Waals surface area contributed by atoms with E-state index in [-0.39, 0.29) is 0 Å². The second-order valence-corrected chi connectivity index (χ2v) is 26.9. The minimum absolute atomic E-state index is 0.736. The molecular formula is C59H96N4O47. The number of carboxylic acid groups (broad SMARTS) is 3. The summed E-state index contributed by atoms with van der Waals surface area (Å²) in [7, 11) is 0. The van der Waals surface area contributed by atoms with Crippen LogP contribution in [0.5, 0.6) is 0 Å². The van der Waals surface area contributed by atoms with Crippen molar-refractivity contribution in [1.29, 1.82) is 0 Å². The van der Waals surface area contributed by atoms with Crippen molar-refractivity contribution in [2.45, 2.75) is 265 Å². The van der Waals surface area contributed by atoms with Gasteiger partial charge in [-0.05, 0) is 0 Å². The highest BCUT2D eigenvalue weighted by atomic mass is 16.8. The number of hydrogen-bond acceptors (Lipinski definition) is 44.